The number of rotatable bonds is 7. The lowest BCUT2D eigenvalue weighted by Gasteiger charge is -2.29. The number of piperidine rings is 1. The number of nitrogens with one attached hydrogen (secondary N) is 2. The molecule has 0 spiro atoms. The first kappa shape index (κ1) is 21.4. The first-order valence-electron chi connectivity index (χ1n) is 10.4. The Morgan fingerprint density at radius 1 is 1.03 bits per heavy atom. The maximum atomic E-state index is 12.4. The molecule has 0 bridgehead atoms. The molecule has 1 aliphatic heterocycles. The fourth-order valence-electron chi connectivity index (χ4n) is 3.65. The Kier molecular flexibility index (Phi) is 6.66. The summed E-state index contributed by atoms with van der Waals surface area (Å²) >= 11 is 0. The van der Waals surface area contributed by atoms with Gasteiger partial charge in [0.1, 0.15) is 0 Å². The molecule has 164 valence electrons. The number of nitrogens with zero attached hydrogens (tertiary/aromatic N) is 4. The van der Waals surface area contributed by atoms with Crippen LogP contribution >= 0.6 is 0 Å². The quantitative estimate of drug-likeness (QED) is 0.521. The number of amides is 1. The smallest absolute Gasteiger partial charge is 0.306 e. The van der Waals surface area contributed by atoms with Gasteiger partial charge < -0.3 is 15.7 Å². The summed E-state index contributed by atoms with van der Waals surface area (Å²) in [5.74, 6) is -0.749. The van der Waals surface area contributed by atoms with E-state index in [-0.39, 0.29) is 18.4 Å². The summed E-state index contributed by atoms with van der Waals surface area (Å²) in [6.07, 6.45) is 6.25. The number of hydrogen-bond donors (Lipinski definition) is 3. The Morgan fingerprint density at radius 2 is 1.78 bits per heavy atom. The van der Waals surface area contributed by atoms with Crippen LogP contribution in [0.2, 0.25) is 0 Å². The average molecular weight is 432 g/mol. The number of hydrogen-bond acceptors (Lipinski definition) is 7. The molecule has 3 N–H and O–H groups in total. The van der Waals surface area contributed by atoms with Gasteiger partial charge in [0, 0.05) is 35.5 Å². The third-order valence-electron chi connectivity index (χ3n) is 5.34. The standard InChI is InChI=1S/C23H24N6O3/c30-21(15-29-12-7-17(8-13-29)22(31)32)26-18-2-1-3-19(14-18)27-23-25-11-6-20(28-23)16-4-9-24-10-5-16/h1-6,9-11,14,17H,7-8,12-13,15H2,(H,26,30)(H,31,32)(H,25,27,28). The van der Waals surface area contributed by atoms with E-state index in [1.54, 1.807) is 18.6 Å². The highest BCUT2D eigenvalue weighted by Gasteiger charge is 2.25. The summed E-state index contributed by atoms with van der Waals surface area (Å²) in [5.41, 5.74) is 3.13. The molecule has 0 atom stereocenters. The molecule has 1 aliphatic rings. The third-order valence-corrected chi connectivity index (χ3v) is 5.34. The Hall–Kier alpha value is -3.85. The second-order valence-corrected chi connectivity index (χ2v) is 7.64. The Balaban J connectivity index is 1.35. The van der Waals surface area contributed by atoms with Crippen LogP contribution in [-0.2, 0) is 9.59 Å². The molecule has 0 saturated carbocycles. The van der Waals surface area contributed by atoms with E-state index in [4.69, 9.17) is 5.11 Å². The fraction of sp³-hybridized carbons (Fsp3) is 0.261. The summed E-state index contributed by atoms with van der Waals surface area (Å²) in [4.78, 5) is 38.3. The normalized spacial score (nSPS) is 14.6. The topological polar surface area (TPSA) is 120 Å². The van der Waals surface area contributed by atoms with Crippen LogP contribution in [-0.4, -0.2) is 56.5 Å². The van der Waals surface area contributed by atoms with Gasteiger partial charge in [0.2, 0.25) is 11.9 Å². The lowest BCUT2D eigenvalue weighted by molar-refractivity contribution is -0.143. The first-order chi connectivity index (χ1) is 15.6. The van der Waals surface area contributed by atoms with E-state index in [1.807, 2.05) is 47.4 Å². The van der Waals surface area contributed by atoms with Crippen LogP contribution in [0, 0.1) is 5.92 Å². The second kappa shape index (κ2) is 9.97. The molecule has 0 radical (unpaired) electrons. The number of carbonyl (C=O) groups excluding carboxylic acids is 1. The van der Waals surface area contributed by atoms with Crippen LogP contribution in [0.3, 0.4) is 0 Å². The SMILES string of the molecule is O=C(CN1CCC(C(=O)O)CC1)Nc1cccc(Nc2nccc(-c3ccncc3)n2)c1. The minimum Gasteiger partial charge on any atom is -0.481 e. The van der Waals surface area contributed by atoms with Crippen LogP contribution in [0.25, 0.3) is 11.3 Å². The molecular formula is C23H24N6O3. The Bertz CT molecular complexity index is 1080. The predicted octanol–water partition coefficient (Wildman–Crippen LogP) is 3.02. The summed E-state index contributed by atoms with van der Waals surface area (Å²) in [6, 6.07) is 12.9. The summed E-state index contributed by atoms with van der Waals surface area (Å²) in [7, 11) is 0. The largest absolute Gasteiger partial charge is 0.481 e. The van der Waals surface area contributed by atoms with Crippen molar-refractivity contribution in [1.82, 2.24) is 19.9 Å². The minimum absolute atomic E-state index is 0.133. The molecule has 9 heteroatoms. The van der Waals surface area contributed by atoms with E-state index in [2.05, 4.69) is 25.6 Å². The number of carbonyl (C=O) groups is 2. The number of aromatic nitrogens is 3. The number of carboxylic acids is 1. The molecule has 3 aromatic rings. The molecule has 2 aromatic heterocycles. The number of anilines is 3. The lowest BCUT2D eigenvalue weighted by Crippen LogP contribution is -2.40. The molecule has 1 aromatic carbocycles. The summed E-state index contributed by atoms with van der Waals surface area (Å²) in [5, 5.41) is 15.2. The van der Waals surface area contributed by atoms with Crippen molar-refractivity contribution in [2.75, 3.05) is 30.3 Å². The maximum absolute atomic E-state index is 12.4. The van der Waals surface area contributed by atoms with Crippen molar-refractivity contribution in [3.63, 3.8) is 0 Å². The van der Waals surface area contributed by atoms with E-state index in [9.17, 15) is 9.59 Å². The number of pyridine rings is 1. The van der Waals surface area contributed by atoms with Gasteiger partial charge in [-0.2, -0.15) is 0 Å². The van der Waals surface area contributed by atoms with Gasteiger partial charge in [-0.1, -0.05) is 6.07 Å². The molecule has 1 fully saturated rings. The maximum Gasteiger partial charge on any atom is 0.306 e. The van der Waals surface area contributed by atoms with E-state index in [0.29, 0.717) is 37.6 Å². The van der Waals surface area contributed by atoms with Gasteiger partial charge in [0.05, 0.1) is 18.2 Å². The van der Waals surface area contributed by atoms with Gasteiger partial charge in [-0.15, -0.1) is 0 Å². The number of carboxylic acid groups (broad SMARTS) is 1. The lowest BCUT2D eigenvalue weighted by atomic mass is 9.97. The van der Waals surface area contributed by atoms with E-state index < -0.39 is 5.97 Å². The van der Waals surface area contributed by atoms with Gasteiger partial charge in [0.25, 0.3) is 0 Å². The van der Waals surface area contributed by atoms with E-state index >= 15 is 0 Å². The molecule has 0 aliphatic carbocycles. The van der Waals surface area contributed by atoms with Crippen molar-refractivity contribution in [3.05, 3.63) is 61.1 Å². The zero-order valence-electron chi connectivity index (χ0n) is 17.4. The van der Waals surface area contributed by atoms with Crippen molar-refractivity contribution >= 4 is 29.2 Å². The van der Waals surface area contributed by atoms with Gasteiger partial charge in [-0.3, -0.25) is 19.5 Å². The minimum atomic E-state index is -0.756. The summed E-state index contributed by atoms with van der Waals surface area (Å²) in [6.45, 7) is 1.45. The number of likely N-dealkylation sites (tertiary alicyclic amines) is 1. The summed E-state index contributed by atoms with van der Waals surface area (Å²) < 4.78 is 0. The molecule has 4 rings (SSSR count). The van der Waals surface area contributed by atoms with Crippen molar-refractivity contribution in [2.24, 2.45) is 5.92 Å². The third kappa shape index (κ3) is 5.64. The van der Waals surface area contributed by atoms with E-state index in [1.165, 1.54) is 0 Å². The number of benzene rings is 1. The predicted molar refractivity (Wildman–Crippen MR) is 120 cm³/mol. The van der Waals surface area contributed by atoms with Crippen LogP contribution in [0.5, 0.6) is 0 Å². The Labute approximate surface area is 185 Å². The van der Waals surface area contributed by atoms with Crippen LogP contribution in [0.1, 0.15) is 12.8 Å². The van der Waals surface area contributed by atoms with Crippen LogP contribution < -0.4 is 10.6 Å². The molecule has 1 saturated heterocycles. The van der Waals surface area contributed by atoms with Gasteiger partial charge in [-0.25, -0.2) is 9.97 Å². The molecule has 3 heterocycles. The van der Waals surface area contributed by atoms with Gasteiger partial charge in [0.15, 0.2) is 0 Å². The Morgan fingerprint density at radius 3 is 2.53 bits per heavy atom. The molecule has 9 nitrogen and oxygen atoms in total. The second-order valence-electron chi connectivity index (χ2n) is 7.64. The van der Waals surface area contributed by atoms with Gasteiger partial charge >= 0.3 is 5.97 Å². The highest BCUT2D eigenvalue weighted by molar-refractivity contribution is 5.92. The van der Waals surface area contributed by atoms with Crippen molar-refractivity contribution in [3.8, 4) is 11.3 Å². The molecule has 0 unspecified atom stereocenters. The van der Waals surface area contributed by atoms with Crippen molar-refractivity contribution in [2.45, 2.75) is 12.8 Å². The monoisotopic (exact) mass is 432 g/mol. The van der Waals surface area contributed by atoms with Gasteiger partial charge in [-0.05, 0) is 62.3 Å². The van der Waals surface area contributed by atoms with Crippen molar-refractivity contribution < 1.29 is 14.7 Å². The van der Waals surface area contributed by atoms with Crippen LogP contribution in [0.4, 0.5) is 17.3 Å². The fourth-order valence-corrected chi connectivity index (χ4v) is 3.65. The first-order valence-corrected chi connectivity index (χ1v) is 10.4. The van der Waals surface area contributed by atoms with Crippen LogP contribution in [0.15, 0.2) is 61.1 Å². The highest BCUT2D eigenvalue weighted by atomic mass is 16.4. The van der Waals surface area contributed by atoms with E-state index in [0.717, 1.165) is 16.9 Å². The molecular weight excluding hydrogens is 408 g/mol. The molecule has 1 amide bonds. The zero-order chi connectivity index (χ0) is 22.3. The molecule has 32 heavy (non-hydrogen) atoms. The highest BCUT2D eigenvalue weighted by Crippen LogP contribution is 2.21. The average Bonchev–Trinajstić information content (AvgIpc) is 2.80. The zero-order valence-corrected chi connectivity index (χ0v) is 17.4. The van der Waals surface area contributed by atoms with Crippen molar-refractivity contribution in [1.29, 1.82) is 0 Å². The number of aliphatic carboxylic acids is 1.